The lowest BCUT2D eigenvalue weighted by molar-refractivity contribution is 0.252. The molecule has 0 unspecified atom stereocenters. The van der Waals surface area contributed by atoms with Crippen molar-refractivity contribution in [1.29, 1.82) is 0 Å². The van der Waals surface area contributed by atoms with Crippen LogP contribution in [0.5, 0.6) is 0 Å². The summed E-state index contributed by atoms with van der Waals surface area (Å²) in [7, 11) is 0. The Bertz CT molecular complexity index is 904. The summed E-state index contributed by atoms with van der Waals surface area (Å²) in [5.41, 5.74) is 3.83. The minimum absolute atomic E-state index is 0.174. The molecule has 0 aliphatic carbocycles. The number of hydrogen-bond acceptors (Lipinski definition) is 3. The van der Waals surface area contributed by atoms with E-state index >= 15 is 0 Å². The number of aromatic nitrogens is 1. The fourth-order valence-corrected chi connectivity index (χ4v) is 3.76. The molecule has 4 nitrogen and oxygen atoms in total. The maximum absolute atomic E-state index is 11.9. The molecule has 6 heteroatoms. The summed E-state index contributed by atoms with van der Waals surface area (Å²) in [5.74, 6) is 0. The van der Waals surface area contributed by atoms with E-state index in [1.165, 1.54) is 0 Å². The predicted octanol–water partition coefficient (Wildman–Crippen LogP) is 6.36. The molecule has 27 heavy (non-hydrogen) atoms. The number of nitrogens with one attached hydrogen (secondary N) is 2. The number of rotatable bonds is 6. The highest BCUT2D eigenvalue weighted by Gasteiger charge is 2.13. The average molecular weight is 400 g/mol. The Kier molecular flexibility index (Phi) is 6.48. The molecule has 2 aromatic carbocycles. The van der Waals surface area contributed by atoms with Crippen molar-refractivity contribution < 1.29 is 4.79 Å². The number of anilines is 1. The molecule has 0 saturated heterocycles. The van der Waals surface area contributed by atoms with Crippen LogP contribution in [-0.4, -0.2) is 17.6 Å². The monoisotopic (exact) mass is 399 g/mol. The van der Waals surface area contributed by atoms with E-state index in [1.807, 2.05) is 55.5 Å². The third-order valence-electron chi connectivity index (χ3n) is 4.07. The quantitative estimate of drug-likeness (QED) is 0.474. The molecule has 3 rings (SSSR count). The van der Waals surface area contributed by atoms with Crippen LogP contribution in [0.2, 0.25) is 5.02 Å². The largest absolute Gasteiger partial charge is 0.338 e. The van der Waals surface area contributed by atoms with Gasteiger partial charge in [-0.1, -0.05) is 49.2 Å². The molecule has 0 aliphatic heterocycles. The second-order valence-electron chi connectivity index (χ2n) is 6.23. The maximum Gasteiger partial charge on any atom is 0.319 e. The lowest BCUT2D eigenvalue weighted by Gasteiger charge is -2.08. The number of thiazole rings is 1. The minimum atomic E-state index is -0.174. The Morgan fingerprint density at radius 3 is 2.41 bits per heavy atom. The highest BCUT2D eigenvalue weighted by Crippen LogP contribution is 2.37. The number of hydrogen-bond donors (Lipinski definition) is 2. The van der Waals surface area contributed by atoms with Crippen LogP contribution in [-0.2, 0) is 0 Å². The van der Waals surface area contributed by atoms with Gasteiger partial charge in [0, 0.05) is 22.8 Å². The van der Waals surface area contributed by atoms with Crippen molar-refractivity contribution in [3.63, 3.8) is 0 Å². The third kappa shape index (κ3) is 5.08. The van der Waals surface area contributed by atoms with E-state index in [9.17, 15) is 4.79 Å². The molecule has 3 aromatic rings. The first-order valence-corrected chi connectivity index (χ1v) is 10.1. The average Bonchev–Trinajstić information content (AvgIpc) is 3.05. The van der Waals surface area contributed by atoms with E-state index < -0.39 is 0 Å². The fraction of sp³-hybridized carbons (Fsp3) is 0.238. The molecular weight excluding hydrogens is 378 g/mol. The molecule has 2 amide bonds. The van der Waals surface area contributed by atoms with Crippen LogP contribution in [0.25, 0.3) is 21.7 Å². The summed E-state index contributed by atoms with van der Waals surface area (Å²) in [6.07, 6.45) is 2.03. The highest BCUT2D eigenvalue weighted by molar-refractivity contribution is 7.15. The van der Waals surface area contributed by atoms with Crippen molar-refractivity contribution in [1.82, 2.24) is 10.3 Å². The fourth-order valence-electron chi connectivity index (χ4n) is 2.69. The lowest BCUT2D eigenvalue weighted by atomic mass is 10.1. The Balaban J connectivity index is 1.78. The Morgan fingerprint density at radius 1 is 1.07 bits per heavy atom. The van der Waals surface area contributed by atoms with E-state index in [4.69, 9.17) is 16.6 Å². The Morgan fingerprint density at radius 2 is 1.74 bits per heavy atom. The number of nitrogens with zero attached hydrogens (tertiary/aromatic N) is 1. The number of urea groups is 1. The van der Waals surface area contributed by atoms with Crippen molar-refractivity contribution in [2.45, 2.75) is 26.7 Å². The van der Waals surface area contributed by atoms with Gasteiger partial charge in [0.05, 0.1) is 15.6 Å². The number of carbonyl (C=O) groups excluding carboxylic acids is 1. The number of unbranched alkanes of at least 4 members (excludes halogenated alkanes) is 1. The number of amides is 2. The van der Waals surface area contributed by atoms with Gasteiger partial charge >= 0.3 is 6.03 Å². The molecule has 140 valence electrons. The minimum Gasteiger partial charge on any atom is -0.338 e. The van der Waals surface area contributed by atoms with Gasteiger partial charge in [0.2, 0.25) is 0 Å². The SMILES string of the molecule is CCCCNC(=O)Nc1ccc(-c2sc(C)nc2-c2ccc(Cl)cc2)cc1. The molecule has 2 N–H and O–H groups in total. The summed E-state index contributed by atoms with van der Waals surface area (Å²) in [4.78, 5) is 17.7. The smallest absolute Gasteiger partial charge is 0.319 e. The molecule has 0 fully saturated rings. The van der Waals surface area contributed by atoms with Crippen LogP contribution in [0.15, 0.2) is 48.5 Å². The van der Waals surface area contributed by atoms with Crippen molar-refractivity contribution in [2.75, 3.05) is 11.9 Å². The van der Waals surface area contributed by atoms with Crippen molar-refractivity contribution in [2.24, 2.45) is 0 Å². The zero-order valence-electron chi connectivity index (χ0n) is 15.4. The van der Waals surface area contributed by atoms with Crippen LogP contribution < -0.4 is 10.6 Å². The van der Waals surface area contributed by atoms with Crippen LogP contribution in [0.1, 0.15) is 24.8 Å². The van der Waals surface area contributed by atoms with Gasteiger partial charge in [-0.05, 0) is 43.2 Å². The van der Waals surface area contributed by atoms with Crippen molar-refractivity contribution >= 4 is 34.7 Å². The predicted molar refractivity (Wildman–Crippen MR) is 115 cm³/mol. The van der Waals surface area contributed by atoms with E-state index in [-0.39, 0.29) is 6.03 Å². The summed E-state index contributed by atoms with van der Waals surface area (Å²) in [6.45, 7) is 4.78. The van der Waals surface area contributed by atoms with Gasteiger partial charge in [-0.2, -0.15) is 0 Å². The van der Waals surface area contributed by atoms with Crippen LogP contribution in [0.3, 0.4) is 0 Å². The molecule has 0 saturated carbocycles. The Labute approximate surface area is 168 Å². The molecule has 0 aliphatic rings. The van der Waals surface area contributed by atoms with Gasteiger partial charge in [0.25, 0.3) is 0 Å². The van der Waals surface area contributed by atoms with Gasteiger partial charge in [0.15, 0.2) is 0 Å². The van der Waals surface area contributed by atoms with Gasteiger partial charge in [-0.25, -0.2) is 9.78 Å². The van der Waals surface area contributed by atoms with Crippen molar-refractivity contribution in [3.05, 3.63) is 58.6 Å². The molecule has 0 bridgehead atoms. The molecule has 1 aromatic heterocycles. The van der Waals surface area contributed by atoms with E-state index in [0.717, 1.165) is 45.2 Å². The second-order valence-corrected chi connectivity index (χ2v) is 7.87. The summed E-state index contributed by atoms with van der Waals surface area (Å²) >= 11 is 7.66. The summed E-state index contributed by atoms with van der Waals surface area (Å²) < 4.78 is 0. The van der Waals surface area contributed by atoms with Gasteiger partial charge < -0.3 is 10.6 Å². The number of carbonyl (C=O) groups is 1. The summed E-state index contributed by atoms with van der Waals surface area (Å²) in [5, 5.41) is 7.42. The van der Waals surface area contributed by atoms with E-state index in [0.29, 0.717) is 11.6 Å². The Hall–Kier alpha value is -2.37. The third-order valence-corrected chi connectivity index (χ3v) is 5.34. The molecule has 0 atom stereocenters. The van der Waals surface area contributed by atoms with Crippen LogP contribution in [0, 0.1) is 6.92 Å². The molecule has 0 radical (unpaired) electrons. The molecule has 1 heterocycles. The first-order valence-electron chi connectivity index (χ1n) is 8.95. The van der Waals surface area contributed by atoms with Gasteiger partial charge in [-0.15, -0.1) is 11.3 Å². The van der Waals surface area contributed by atoms with Crippen LogP contribution >= 0.6 is 22.9 Å². The standard InChI is InChI=1S/C21H22ClN3OS/c1-3-4-13-23-21(26)25-18-11-7-16(8-12-18)20-19(24-14(2)27-20)15-5-9-17(22)10-6-15/h5-12H,3-4,13H2,1-2H3,(H2,23,25,26). The zero-order valence-corrected chi connectivity index (χ0v) is 17.0. The van der Waals surface area contributed by atoms with E-state index in [2.05, 4.69) is 17.6 Å². The number of halogens is 1. The lowest BCUT2D eigenvalue weighted by Crippen LogP contribution is -2.29. The van der Waals surface area contributed by atoms with Gasteiger partial charge in [0.1, 0.15) is 0 Å². The topological polar surface area (TPSA) is 54.0 Å². The second kappa shape index (κ2) is 9.02. The number of benzene rings is 2. The van der Waals surface area contributed by atoms with Crippen LogP contribution in [0.4, 0.5) is 10.5 Å². The highest BCUT2D eigenvalue weighted by atomic mass is 35.5. The number of aryl methyl sites for hydroxylation is 1. The van der Waals surface area contributed by atoms with Crippen molar-refractivity contribution in [3.8, 4) is 21.7 Å². The molecule has 0 spiro atoms. The first kappa shape index (κ1) is 19.4. The zero-order chi connectivity index (χ0) is 19.2. The molecular formula is C21H22ClN3OS. The van der Waals surface area contributed by atoms with E-state index in [1.54, 1.807) is 11.3 Å². The van der Waals surface area contributed by atoms with Gasteiger partial charge in [-0.3, -0.25) is 0 Å². The summed E-state index contributed by atoms with van der Waals surface area (Å²) in [6, 6.07) is 15.4. The maximum atomic E-state index is 11.9. The first-order chi connectivity index (χ1) is 13.1. The normalized spacial score (nSPS) is 10.6.